The highest BCUT2D eigenvalue weighted by Gasteiger charge is 2.41. The van der Waals surface area contributed by atoms with Crippen LogP contribution < -0.4 is 10.5 Å². The van der Waals surface area contributed by atoms with Crippen molar-refractivity contribution in [1.29, 1.82) is 0 Å². The van der Waals surface area contributed by atoms with Crippen LogP contribution in [0.5, 0.6) is 0 Å². The van der Waals surface area contributed by atoms with Crippen LogP contribution in [0.4, 0.5) is 5.69 Å². The van der Waals surface area contributed by atoms with Crippen LogP contribution in [0.15, 0.2) is 53.4 Å². The molecule has 2 aromatic rings. The Morgan fingerprint density at radius 1 is 1.14 bits per heavy atom. The quantitative estimate of drug-likeness (QED) is 0.850. The Morgan fingerprint density at radius 2 is 1.86 bits per heavy atom. The first-order chi connectivity index (χ1) is 9.97. The third kappa shape index (κ3) is 3.05. The number of hydrogen-bond donors (Lipinski definition) is 2. The van der Waals surface area contributed by atoms with E-state index in [0.29, 0.717) is 5.02 Å². The third-order valence-corrected chi connectivity index (χ3v) is 5.37. The maximum atomic E-state index is 12.4. The molecule has 2 unspecified atom stereocenters. The summed E-state index contributed by atoms with van der Waals surface area (Å²) in [5, 5.41) is 0.347. The molecule has 6 heteroatoms. The van der Waals surface area contributed by atoms with Crippen molar-refractivity contribution in [3.05, 3.63) is 59.1 Å². The molecule has 1 fully saturated rings. The molecule has 0 amide bonds. The second kappa shape index (κ2) is 5.33. The van der Waals surface area contributed by atoms with Gasteiger partial charge < -0.3 is 5.73 Å². The minimum atomic E-state index is -3.65. The average molecular weight is 323 g/mol. The van der Waals surface area contributed by atoms with E-state index >= 15 is 0 Å². The van der Waals surface area contributed by atoms with E-state index in [1.54, 1.807) is 6.07 Å². The molecule has 0 aliphatic heterocycles. The summed E-state index contributed by atoms with van der Waals surface area (Å²) < 4.78 is 27.5. The molecule has 0 saturated heterocycles. The van der Waals surface area contributed by atoms with E-state index in [1.807, 2.05) is 30.3 Å². The number of sulfonamides is 1. The number of nitrogens with two attached hydrogens (primary N) is 1. The fraction of sp³-hybridized carbons (Fsp3) is 0.200. The topological polar surface area (TPSA) is 72.2 Å². The maximum Gasteiger partial charge on any atom is 0.242 e. The zero-order valence-corrected chi connectivity index (χ0v) is 12.7. The molecule has 0 radical (unpaired) electrons. The van der Waals surface area contributed by atoms with Crippen LogP contribution in [0.2, 0.25) is 5.02 Å². The number of benzene rings is 2. The van der Waals surface area contributed by atoms with Gasteiger partial charge in [0.05, 0.1) is 5.69 Å². The van der Waals surface area contributed by atoms with E-state index in [0.717, 1.165) is 12.0 Å². The number of rotatable bonds is 4. The number of nitrogen functional groups attached to an aromatic ring is 1. The second-order valence-corrected chi connectivity index (χ2v) is 7.28. The van der Waals surface area contributed by atoms with Gasteiger partial charge in [-0.05, 0) is 30.2 Å². The van der Waals surface area contributed by atoms with Gasteiger partial charge in [0.15, 0.2) is 0 Å². The zero-order valence-electron chi connectivity index (χ0n) is 11.2. The van der Waals surface area contributed by atoms with Gasteiger partial charge in [0.2, 0.25) is 10.0 Å². The first-order valence-corrected chi connectivity index (χ1v) is 8.46. The molecular weight excluding hydrogens is 308 g/mol. The normalized spacial score (nSPS) is 21.2. The monoisotopic (exact) mass is 322 g/mol. The number of anilines is 1. The molecule has 1 aliphatic carbocycles. The summed E-state index contributed by atoms with van der Waals surface area (Å²) in [5.74, 6) is 0.224. The van der Waals surface area contributed by atoms with Gasteiger partial charge in [-0.15, -0.1) is 0 Å². The smallest absolute Gasteiger partial charge is 0.242 e. The van der Waals surface area contributed by atoms with Crippen molar-refractivity contribution in [2.24, 2.45) is 0 Å². The zero-order chi connectivity index (χ0) is 15.0. The maximum absolute atomic E-state index is 12.4. The predicted molar refractivity (Wildman–Crippen MR) is 83.8 cm³/mol. The highest BCUT2D eigenvalue weighted by Crippen LogP contribution is 2.41. The van der Waals surface area contributed by atoms with Crippen LogP contribution >= 0.6 is 11.6 Å². The first-order valence-electron chi connectivity index (χ1n) is 6.60. The summed E-state index contributed by atoms with van der Waals surface area (Å²) in [5.41, 5.74) is 7.08. The Balaban J connectivity index is 1.78. The third-order valence-electron chi connectivity index (χ3n) is 3.59. The summed E-state index contributed by atoms with van der Waals surface area (Å²) in [6, 6.07) is 14.2. The molecule has 4 nitrogen and oxygen atoms in total. The average Bonchev–Trinajstić information content (AvgIpc) is 3.21. The lowest BCUT2D eigenvalue weighted by molar-refractivity contribution is 0.580. The summed E-state index contributed by atoms with van der Waals surface area (Å²) in [6.45, 7) is 0. The van der Waals surface area contributed by atoms with E-state index in [4.69, 9.17) is 17.3 Å². The Bertz CT molecular complexity index is 762. The summed E-state index contributed by atoms with van der Waals surface area (Å²) in [4.78, 5) is 0.0358. The van der Waals surface area contributed by atoms with Gasteiger partial charge in [-0.1, -0.05) is 41.9 Å². The van der Waals surface area contributed by atoms with Crippen molar-refractivity contribution in [2.75, 3.05) is 5.73 Å². The van der Waals surface area contributed by atoms with Gasteiger partial charge in [0.25, 0.3) is 0 Å². The largest absolute Gasteiger partial charge is 0.398 e. The number of nitrogens with one attached hydrogen (secondary N) is 1. The van der Waals surface area contributed by atoms with E-state index in [-0.39, 0.29) is 22.5 Å². The van der Waals surface area contributed by atoms with Crippen molar-refractivity contribution in [2.45, 2.75) is 23.3 Å². The fourth-order valence-corrected chi connectivity index (χ4v) is 4.08. The molecule has 3 N–H and O–H groups in total. The van der Waals surface area contributed by atoms with Gasteiger partial charge in [0.1, 0.15) is 4.90 Å². The Labute approximate surface area is 129 Å². The Kier molecular flexibility index (Phi) is 3.65. The van der Waals surface area contributed by atoms with Crippen molar-refractivity contribution >= 4 is 27.3 Å². The molecule has 2 atom stereocenters. The molecule has 110 valence electrons. The van der Waals surface area contributed by atoms with Crippen molar-refractivity contribution in [3.8, 4) is 0 Å². The highest BCUT2D eigenvalue weighted by atomic mass is 35.5. The minimum absolute atomic E-state index is 0.0358. The molecule has 1 aliphatic rings. The Morgan fingerprint density at radius 3 is 2.57 bits per heavy atom. The van der Waals surface area contributed by atoms with Gasteiger partial charge in [-0.2, -0.15) is 0 Å². The lowest BCUT2D eigenvalue weighted by Crippen LogP contribution is -2.27. The summed E-state index contributed by atoms with van der Waals surface area (Å²) >= 11 is 5.85. The summed E-state index contributed by atoms with van der Waals surface area (Å²) in [6.07, 6.45) is 0.795. The van der Waals surface area contributed by atoms with E-state index in [1.165, 1.54) is 12.1 Å². The lowest BCUT2D eigenvalue weighted by Gasteiger charge is -2.09. The van der Waals surface area contributed by atoms with Crippen LogP contribution in [0.3, 0.4) is 0 Å². The molecule has 3 rings (SSSR count). The van der Waals surface area contributed by atoms with Crippen molar-refractivity contribution in [1.82, 2.24) is 4.72 Å². The fourth-order valence-electron chi connectivity index (χ4n) is 2.40. The van der Waals surface area contributed by atoms with E-state index in [2.05, 4.69) is 4.72 Å². The molecule has 2 aromatic carbocycles. The van der Waals surface area contributed by atoms with Crippen molar-refractivity contribution in [3.63, 3.8) is 0 Å². The molecular formula is C15H15ClN2O2S. The molecule has 0 aromatic heterocycles. The van der Waals surface area contributed by atoms with E-state index in [9.17, 15) is 8.42 Å². The van der Waals surface area contributed by atoms with Gasteiger partial charge in [0, 0.05) is 17.0 Å². The molecule has 0 bridgehead atoms. The predicted octanol–water partition coefficient (Wildman–Crippen LogP) is 2.76. The van der Waals surface area contributed by atoms with Gasteiger partial charge in [-0.3, -0.25) is 0 Å². The minimum Gasteiger partial charge on any atom is -0.398 e. The Hall–Kier alpha value is -1.56. The SMILES string of the molecule is Nc1ccc(Cl)cc1S(=O)(=O)NC1CC1c1ccccc1. The van der Waals surface area contributed by atoms with Crippen LogP contribution in [0.25, 0.3) is 0 Å². The number of halogens is 1. The van der Waals surface area contributed by atoms with Crippen LogP contribution in [0, 0.1) is 0 Å². The number of hydrogen-bond acceptors (Lipinski definition) is 3. The van der Waals surface area contributed by atoms with Crippen LogP contribution in [-0.2, 0) is 10.0 Å². The van der Waals surface area contributed by atoms with Crippen molar-refractivity contribution < 1.29 is 8.42 Å². The van der Waals surface area contributed by atoms with Crippen LogP contribution in [0.1, 0.15) is 17.9 Å². The molecule has 21 heavy (non-hydrogen) atoms. The van der Waals surface area contributed by atoms with E-state index < -0.39 is 10.0 Å². The highest BCUT2D eigenvalue weighted by molar-refractivity contribution is 7.89. The molecule has 0 spiro atoms. The van der Waals surface area contributed by atoms with Crippen LogP contribution in [-0.4, -0.2) is 14.5 Å². The van der Waals surface area contributed by atoms with Gasteiger partial charge >= 0.3 is 0 Å². The van der Waals surface area contributed by atoms with Gasteiger partial charge in [-0.25, -0.2) is 13.1 Å². The molecule has 0 heterocycles. The molecule has 1 saturated carbocycles. The summed E-state index contributed by atoms with van der Waals surface area (Å²) in [7, 11) is -3.65. The first kappa shape index (κ1) is 14.4. The lowest BCUT2D eigenvalue weighted by atomic mass is 10.1. The second-order valence-electron chi connectivity index (χ2n) is 5.16. The standard InChI is InChI=1S/C15H15ClN2O2S/c16-11-6-7-13(17)15(8-11)21(19,20)18-14-9-12(14)10-4-2-1-3-5-10/h1-8,12,14,18H,9,17H2.